The van der Waals surface area contributed by atoms with E-state index in [1.807, 2.05) is 31.3 Å². The minimum atomic E-state index is -0.0432. The van der Waals surface area contributed by atoms with Crippen LogP contribution in [0.5, 0.6) is 5.75 Å². The average Bonchev–Trinajstić information content (AvgIpc) is 2.69. The van der Waals surface area contributed by atoms with Crippen molar-refractivity contribution in [3.63, 3.8) is 0 Å². The molecule has 0 saturated carbocycles. The van der Waals surface area contributed by atoms with Gasteiger partial charge < -0.3 is 15.8 Å². The molecule has 27 heavy (non-hydrogen) atoms. The Labute approximate surface area is 160 Å². The van der Waals surface area contributed by atoms with Crippen molar-refractivity contribution in [3.05, 3.63) is 59.4 Å². The zero-order valence-electron chi connectivity index (χ0n) is 15.9. The van der Waals surface area contributed by atoms with Crippen molar-refractivity contribution in [2.75, 3.05) is 26.2 Å². The number of ether oxygens (including phenoxy) is 1. The fourth-order valence-electron chi connectivity index (χ4n) is 3.32. The maximum absolute atomic E-state index is 12.6. The molecule has 6 nitrogen and oxygen atoms in total. The van der Waals surface area contributed by atoms with Crippen LogP contribution in [0.3, 0.4) is 0 Å². The first-order valence-corrected chi connectivity index (χ1v) is 9.51. The summed E-state index contributed by atoms with van der Waals surface area (Å²) < 4.78 is 5.62. The number of aryl methyl sites for hydroxylation is 1. The topological polar surface area (TPSA) is 80.5 Å². The van der Waals surface area contributed by atoms with E-state index in [-0.39, 0.29) is 11.9 Å². The summed E-state index contributed by atoms with van der Waals surface area (Å²) in [6.07, 6.45) is 5.61. The van der Waals surface area contributed by atoms with E-state index in [1.165, 1.54) is 5.56 Å². The van der Waals surface area contributed by atoms with Crippen LogP contribution in [0.1, 0.15) is 34.3 Å². The third-order valence-corrected chi connectivity index (χ3v) is 4.88. The van der Waals surface area contributed by atoms with Gasteiger partial charge in [-0.25, -0.2) is 0 Å². The number of hydrogen-bond donors (Lipinski definition) is 2. The lowest BCUT2D eigenvalue weighted by molar-refractivity contribution is 0.0908. The highest BCUT2D eigenvalue weighted by molar-refractivity contribution is 5.94. The molecule has 2 aromatic rings. The lowest BCUT2D eigenvalue weighted by Crippen LogP contribution is -2.44. The fourth-order valence-corrected chi connectivity index (χ4v) is 3.32. The summed E-state index contributed by atoms with van der Waals surface area (Å²) in [4.78, 5) is 19.2. The van der Waals surface area contributed by atoms with Gasteiger partial charge >= 0.3 is 0 Å². The Kier molecular flexibility index (Phi) is 6.79. The summed E-state index contributed by atoms with van der Waals surface area (Å²) in [7, 11) is 0. The van der Waals surface area contributed by atoms with Crippen LogP contribution in [0.15, 0.2) is 42.7 Å². The number of amides is 1. The Bertz CT molecular complexity index is 743. The minimum Gasteiger partial charge on any atom is -0.492 e. The quantitative estimate of drug-likeness (QED) is 0.782. The number of nitrogens with one attached hydrogen (secondary N) is 1. The molecule has 144 valence electrons. The molecule has 0 atom stereocenters. The van der Waals surface area contributed by atoms with Crippen LogP contribution in [0, 0.1) is 6.92 Å². The number of hydrogen-bond acceptors (Lipinski definition) is 5. The number of nitrogens with zero attached hydrogens (tertiary/aromatic N) is 2. The van der Waals surface area contributed by atoms with Gasteiger partial charge in [-0.15, -0.1) is 0 Å². The molecule has 1 saturated heterocycles. The van der Waals surface area contributed by atoms with E-state index in [0.29, 0.717) is 18.7 Å². The van der Waals surface area contributed by atoms with E-state index in [2.05, 4.69) is 21.3 Å². The van der Waals surface area contributed by atoms with Gasteiger partial charge in [0.25, 0.3) is 5.91 Å². The normalized spacial score (nSPS) is 15.5. The zero-order valence-corrected chi connectivity index (χ0v) is 15.9. The molecule has 1 aromatic carbocycles. The molecule has 1 aliphatic heterocycles. The Morgan fingerprint density at radius 1 is 1.33 bits per heavy atom. The standard InChI is InChI=1S/C21H28N4O2/c1-16-4-5-18(13-20(16)27-12-8-22)21(26)24-19-6-10-25(11-7-19)15-17-3-2-9-23-14-17/h2-5,9,13-14,19H,6-8,10-12,15,22H2,1H3,(H,24,26). The van der Waals surface area contributed by atoms with Crippen LogP contribution in [0.2, 0.25) is 0 Å². The molecule has 3 rings (SSSR count). The summed E-state index contributed by atoms with van der Waals surface area (Å²) >= 11 is 0. The van der Waals surface area contributed by atoms with E-state index in [4.69, 9.17) is 10.5 Å². The highest BCUT2D eigenvalue weighted by Gasteiger charge is 2.21. The summed E-state index contributed by atoms with van der Waals surface area (Å²) in [5.41, 5.74) is 8.36. The lowest BCUT2D eigenvalue weighted by atomic mass is 10.0. The van der Waals surface area contributed by atoms with Gasteiger partial charge in [0.15, 0.2) is 0 Å². The largest absolute Gasteiger partial charge is 0.492 e. The Balaban J connectivity index is 1.50. The summed E-state index contributed by atoms with van der Waals surface area (Å²) in [5.74, 6) is 0.678. The highest BCUT2D eigenvalue weighted by Crippen LogP contribution is 2.20. The van der Waals surface area contributed by atoms with Crippen molar-refractivity contribution < 1.29 is 9.53 Å². The zero-order chi connectivity index (χ0) is 19.1. The smallest absolute Gasteiger partial charge is 0.251 e. The number of benzene rings is 1. The van der Waals surface area contributed by atoms with Crippen LogP contribution in [0.4, 0.5) is 0 Å². The number of pyridine rings is 1. The molecule has 1 fully saturated rings. The number of likely N-dealkylation sites (tertiary alicyclic amines) is 1. The van der Waals surface area contributed by atoms with E-state index in [1.54, 1.807) is 12.3 Å². The highest BCUT2D eigenvalue weighted by atomic mass is 16.5. The Hall–Kier alpha value is -2.44. The second-order valence-corrected chi connectivity index (χ2v) is 7.00. The maximum atomic E-state index is 12.6. The average molecular weight is 368 g/mol. The van der Waals surface area contributed by atoms with Crippen LogP contribution in [0.25, 0.3) is 0 Å². The summed E-state index contributed by atoms with van der Waals surface area (Å²) in [6, 6.07) is 9.84. The predicted molar refractivity (Wildman–Crippen MR) is 106 cm³/mol. The van der Waals surface area contributed by atoms with Gasteiger partial charge in [0.2, 0.25) is 0 Å². The number of carbonyl (C=O) groups excluding carboxylic acids is 1. The SMILES string of the molecule is Cc1ccc(C(=O)NC2CCN(Cc3cccnc3)CC2)cc1OCCN. The van der Waals surface area contributed by atoms with Gasteiger partial charge in [-0.1, -0.05) is 12.1 Å². The molecular weight excluding hydrogens is 340 g/mol. The van der Waals surface area contributed by atoms with Gasteiger partial charge in [-0.3, -0.25) is 14.7 Å². The van der Waals surface area contributed by atoms with Crippen LogP contribution in [-0.4, -0.2) is 48.1 Å². The van der Waals surface area contributed by atoms with Crippen molar-refractivity contribution in [2.45, 2.75) is 32.4 Å². The second kappa shape index (κ2) is 9.48. The lowest BCUT2D eigenvalue weighted by Gasteiger charge is -2.32. The van der Waals surface area contributed by atoms with Gasteiger partial charge in [-0.2, -0.15) is 0 Å². The van der Waals surface area contributed by atoms with E-state index in [0.717, 1.165) is 43.8 Å². The second-order valence-electron chi connectivity index (χ2n) is 7.00. The number of rotatable bonds is 7. The Morgan fingerprint density at radius 3 is 2.85 bits per heavy atom. The molecule has 1 amide bonds. The summed E-state index contributed by atoms with van der Waals surface area (Å²) in [6.45, 7) is 5.71. The monoisotopic (exact) mass is 368 g/mol. The molecule has 1 aromatic heterocycles. The minimum absolute atomic E-state index is 0.0432. The predicted octanol–water partition coefficient (Wildman–Crippen LogP) is 2.12. The molecule has 1 aliphatic rings. The van der Waals surface area contributed by atoms with Crippen molar-refractivity contribution >= 4 is 5.91 Å². The number of nitrogens with two attached hydrogens (primary N) is 1. The number of aromatic nitrogens is 1. The third-order valence-electron chi connectivity index (χ3n) is 4.88. The van der Waals surface area contributed by atoms with Crippen LogP contribution in [-0.2, 0) is 6.54 Å². The van der Waals surface area contributed by atoms with Crippen molar-refractivity contribution in [2.24, 2.45) is 5.73 Å². The first-order valence-electron chi connectivity index (χ1n) is 9.51. The molecule has 0 aliphatic carbocycles. The Morgan fingerprint density at radius 2 is 2.15 bits per heavy atom. The molecule has 3 N–H and O–H groups in total. The molecule has 2 heterocycles. The van der Waals surface area contributed by atoms with Crippen LogP contribution < -0.4 is 15.8 Å². The van der Waals surface area contributed by atoms with E-state index < -0.39 is 0 Å². The fraction of sp³-hybridized carbons (Fsp3) is 0.429. The van der Waals surface area contributed by atoms with Crippen molar-refractivity contribution in [1.29, 1.82) is 0 Å². The first kappa shape index (κ1) is 19.3. The van der Waals surface area contributed by atoms with E-state index >= 15 is 0 Å². The molecule has 0 bridgehead atoms. The molecule has 6 heteroatoms. The van der Waals surface area contributed by atoms with Gasteiger partial charge in [0, 0.05) is 50.2 Å². The van der Waals surface area contributed by atoms with Crippen molar-refractivity contribution in [1.82, 2.24) is 15.2 Å². The molecule has 0 spiro atoms. The van der Waals surface area contributed by atoms with Gasteiger partial charge in [0.1, 0.15) is 12.4 Å². The molecular formula is C21H28N4O2. The summed E-state index contributed by atoms with van der Waals surface area (Å²) in [5, 5.41) is 3.16. The first-order chi connectivity index (χ1) is 13.2. The van der Waals surface area contributed by atoms with E-state index in [9.17, 15) is 4.79 Å². The number of piperidine rings is 1. The van der Waals surface area contributed by atoms with Gasteiger partial charge in [0.05, 0.1) is 0 Å². The molecule has 0 radical (unpaired) electrons. The number of carbonyl (C=O) groups is 1. The van der Waals surface area contributed by atoms with Gasteiger partial charge in [-0.05, 0) is 49.1 Å². The third kappa shape index (κ3) is 5.52. The van der Waals surface area contributed by atoms with Crippen molar-refractivity contribution in [3.8, 4) is 5.75 Å². The van der Waals surface area contributed by atoms with Crippen LogP contribution >= 0.6 is 0 Å². The molecule has 0 unspecified atom stereocenters. The maximum Gasteiger partial charge on any atom is 0.251 e.